The Morgan fingerprint density at radius 2 is 1.96 bits per heavy atom. The number of aromatic nitrogens is 2. The molecular formula is C19H18N4O. The van der Waals surface area contributed by atoms with Crippen molar-refractivity contribution in [2.24, 2.45) is 0 Å². The molecule has 3 aromatic rings. The lowest BCUT2D eigenvalue weighted by molar-refractivity contribution is 0.415. The van der Waals surface area contributed by atoms with E-state index in [-0.39, 0.29) is 0 Å². The van der Waals surface area contributed by atoms with E-state index in [1.165, 1.54) is 5.56 Å². The monoisotopic (exact) mass is 318 g/mol. The lowest BCUT2D eigenvalue weighted by Gasteiger charge is -2.20. The van der Waals surface area contributed by atoms with Crippen molar-refractivity contribution in [2.45, 2.75) is 12.8 Å². The highest BCUT2D eigenvalue weighted by Gasteiger charge is 2.19. The van der Waals surface area contributed by atoms with Crippen LogP contribution >= 0.6 is 0 Å². The first-order valence-electron chi connectivity index (χ1n) is 7.89. The van der Waals surface area contributed by atoms with Gasteiger partial charge in [0.15, 0.2) is 0 Å². The van der Waals surface area contributed by atoms with E-state index in [2.05, 4.69) is 16.4 Å². The second-order valence-electron chi connectivity index (χ2n) is 5.84. The highest BCUT2D eigenvalue weighted by atomic mass is 16.5. The fraction of sp³-hybridized carbons (Fsp3) is 0.158. The molecule has 1 heterocycles. The minimum Gasteiger partial charge on any atom is -0.497 e. The molecule has 1 aromatic heterocycles. The minimum absolute atomic E-state index is 0.565. The number of hydrogen-bond acceptors (Lipinski definition) is 5. The number of anilines is 3. The van der Waals surface area contributed by atoms with Gasteiger partial charge in [0.1, 0.15) is 5.75 Å². The van der Waals surface area contributed by atoms with Crippen LogP contribution in [0.15, 0.2) is 48.7 Å². The minimum atomic E-state index is 0.565. The zero-order chi connectivity index (χ0) is 16.5. The third-order valence-corrected chi connectivity index (χ3v) is 4.24. The smallest absolute Gasteiger partial charge is 0.227 e. The van der Waals surface area contributed by atoms with Crippen LogP contribution in [0, 0.1) is 0 Å². The number of nitrogens with zero attached hydrogens (tertiary/aromatic N) is 2. The van der Waals surface area contributed by atoms with E-state index < -0.39 is 0 Å². The molecule has 4 rings (SSSR count). The van der Waals surface area contributed by atoms with Crippen LogP contribution in [0.5, 0.6) is 5.75 Å². The lowest BCUT2D eigenvalue weighted by atomic mass is 9.90. The van der Waals surface area contributed by atoms with Gasteiger partial charge in [-0.3, -0.25) is 0 Å². The van der Waals surface area contributed by atoms with Crippen LogP contribution in [0.25, 0.3) is 11.3 Å². The Balaban J connectivity index is 1.74. The molecule has 5 heteroatoms. The third-order valence-electron chi connectivity index (χ3n) is 4.24. The van der Waals surface area contributed by atoms with Gasteiger partial charge in [-0.2, -0.15) is 0 Å². The van der Waals surface area contributed by atoms with Crippen molar-refractivity contribution in [2.75, 3.05) is 18.2 Å². The molecule has 0 fully saturated rings. The molecule has 2 aromatic carbocycles. The van der Waals surface area contributed by atoms with Gasteiger partial charge in [0.05, 0.1) is 12.8 Å². The van der Waals surface area contributed by atoms with Crippen molar-refractivity contribution in [3.05, 3.63) is 59.8 Å². The molecule has 0 aliphatic heterocycles. The van der Waals surface area contributed by atoms with Crippen LogP contribution in [-0.4, -0.2) is 17.1 Å². The number of nitrogen functional groups attached to an aromatic ring is 1. The van der Waals surface area contributed by atoms with E-state index in [1.54, 1.807) is 7.11 Å². The number of aryl methyl sites for hydroxylation is 2. The first-order valence-corrected chi connectivity index (χ1v) is 7.89. The van der Waals surface area contributed by atoms with Crippen LogP contribution in [0.2, 0.25) is 0 Å². The SMILES string of the molecule is COc1ccc2c(c1)-c1nc(Nc3cccc(N)c3)ncc1CC2. The summed E-state index contributed by atoms with van der Waals surface area (Å²) in [6.07, 6.45) is 3.85. The number of ether oxygens (including phenoxy) is 1. The topological polar surface area (TPSA) is 73.1 Å². The van der Waals surface area contributed by atoms with E-state index in [1.807, 2.05) is 42.6 Å². The van der Waals surface area contributed by atoms with E-state index in [9.17, 15) is 0 Å². The second kappa shape index (κ2) is 5.85. The van der Waals surface area contributed by atoms with Crippen LogP contribution < -0.4 is 15.8 Å². The van der Waals surface area contributed by atoms with Gasteiger partial charge in [0.2, 0.25) is 5.95 Å². The molecule has 0 saturated carbocycles. The first-order chi connectivity index (χ1) is 11.7. The molecule has 1 aliphatic carbocycles. The average Bonchev–Trinajstić information content (AvgIpc) is 2.61. The van der Waals surface area contributed by atoms with E-state index in [4.69, 9.17) is 15.5 Å². The quantitative estimate of drug-likeness (QED) is 0.722. The van der Waals surface area contributed by atoms with Gasteiger partial charge in [-0.05, 0) is 54.3 Å². The van der Waals surface area contributed by atoms with Gasteiger partial charge in [-0.15, -0.1) is 0 Å². The summed E-state index contributed by atoms with van der Waals surface area (Å²) in [5, 5.41) is 3.22. The fourth-order valence-electron chi connectivity index (χ4n) is 3.02. The first kappa shape index (κ1) is 14.5. The van der Waals surface area contributed by atoms with Gasteiger partial charge in [0, 0.05) is 23.1 Å². The number of rotatable bonds is 3. The normalized spacial score (nSPS) is 12.2. The van der Waals surface area contributed by atoms with Crippen LogP contribution in [-0.2, 0) is 12.8 Å². The molecule has 0 saturated heterocycles. The number of benzene rings is 2. The summed E-state index contributed by atoms with van der Waals surface area (Å²) < 4.78 is 5.36. The molecule has 0 unspecified atom stereocenters. The van der Waals surface area contributed by atoms with Crippen molar-refractivity contribution in [3.8, 4) is 17.0 Å². The Morgan fingerprint density at radius 3 is 2.79 bits per heavy atom. The maximum absolute atomic E-state index is 5.82. The number of hydrogen-bond donors (Lipinski definition) is 2. The Kier molecular flexibility index (Phi) is 3.54. The predicted molar refractivity (Wildman–Crippen MR) is 95.6 cm³/mol. The highest BCUT2D eigenvalue weighted by molar-refractivity contribution is 5.72. The van der Waals surface area contributed by atoms with Crippen molar-refractivity contribution in [1.29, 1.82) is 0 Å². The molecule has 3 N–H and O–H groups in total. The summed E-state index contributed by atoms with van der Waals surface area (Å²) in [7, 11) is 1.68. The molecule has 24 heavy (non-hydrogen) atoms. The zero-order valence-corrected chi connectivity index (χ0v) is 13.4. The number of nitrogens with two attached hydrogens (primary N) is 1. The Bertz CT molecular complexity index is 908. The van der Waals surface area contributed by atoms with E-state index >= 15 is 0 Å². The third kappa shape index (κ3) is 2.65. The van der Waals surface area contributed by atoms with Crippen LogP contribution in [0.4, 0.5) is 17.3 Å². The predicted octanol–water partition coefficient (Wildman–Crippen LogP) is 3.58. The van der Waals surface area contributed by atoms with Crippen LogP contribution in [0.3, 0.4) is 0 Å². The molecule has 0 amide bonds. The van der Waals surface area contributed by atoms with E-state index in [0.717, 1.165) is 41.1 Å². The maximum Gasteiger partial charge on any atom is 0.227 e. The van der Waals surface area contributed by atoms with Gasteiger partial charge in [0.25, 0.3) is 0 Å². The van der Waals surface area contributed by atoms with Gasteiger partial charge in [-0.25, -0.2) is 9.97 Å². The van der Waals surface area contributed by atoms with Gasteiger partial charge in [-0.1, -0.05) is 12.1 Å². The second-order valence-corrected chi connectivity index (χ2v) is 5.84. The van der Waals surface area contributed by atoms with Crippen molar-refractivity contribution < 1.29 is 4.74 Å². The number of fused-ring (bicyclic) bond motifs is 3. The molecule has 120 valence electrons. The van der Waals surface area contributed by atoms with Crippen molar-refractivity contribution >= 4 is 17.3 Å². The van der Waals surface area contributed by atoms with Crippen molar-refractivity contribution in [3.63, 3.8) is 0 Å². The summed E-state index contributed by atoms with van der Waals surface area (Å²) in [4.78, 5) is 9.17. The maximum atomic E-state index is 5.82. The summed E-state index contributed by atoms with van der Waals surface area (Å²) in [5.41, 5.74) is 11.9. The molecule has 5 nitrogen and oxygen atoms in total. The number of methoxy groups -OCH3 is 1. The molecule has 1 aliphatic rings. The molecule has 0 atom stereocenters. The summed E-state index contributed by atoms with van der Waals surface area (Å²) in [5.74, 6) is 1.40. The highest BCUT2D eigenvalue weighted by Crippen LogP contribution is 2.35. The Hall–Kier alpha value is -3.08. The summed E-state index contributed by atoms with van der Waals surface area (Å²) in [6.45, 7) is 0. The van der Waals surface area contributed by atoms with E-state index in [0.29, 0.717) is 11.6 Å². The fourth-order valence-corrected chi connectivity index (χ4v) is 3.02. The van der Waals surface area contributed by atoms with Crippen LogP contribution in [0.1, 0.15) is 11.1 Å². The molecule has 0 radical (unpaired) electrons. The van der Waals surface area contributed by atoms with Gasteiger partial charge < -0.3 is 15.8 Å². The Morgan fingerprint density at radius 1 is 1.08 bits per heavy atom. The standard InChI is InChI=1S/C19H18N4O/c1-24-16-8-7-12-5-6-13-11-21-19(23-18(13)17(12)10-16)22-15-4-2-3-14(20)9-15/h2-4,7-11H,5-6,20H2,1H3,(H,21,22,23). The average molecular weight is 318 g/mol. The molecular weight excluding hydrogens is 300 g/mol. The number of nitrogens with one attached hydrogen (secondary N) is 1. The zero-order valence-electron chi connectivity index (χ0n) is 13.4. The van der Waals surface area contributed by atoms with Gasteiger partial charge >= 0.3 is 0 Å². The largest absolute Gasteiger partial charge is 0.497 e. The lowest BCUT2D eigenvalue weighted by Crippen LogP contribution is -2.09. The summed E-state index contributed by atoms with van der Waals surface area (Å²) >= 11 is 0. The van der Waals surface area contributed by atoms with Crippen molar-refractivity contribution in [1.82, 2.24) is 9.97 Å². The molecule has 0 spiro atoms. The molecule has 0 bridgehead atoms. The summed E-state index contributed by atoms with van der Waals surface area (Å²) in [6, 6.07) is 13.7. The Labute approximate surface area is 140 Å².